The first kappa shape index (κ1) is 22.5. The van der Waals surface area contributed by atoms with Crippen LogP contribution in [0.4, 0.5) is 0 Å². The number of carbonyl (C=O) groups excluding carboxylic acids is 2. The number of halogens is 1. The van der Waals surface area contributed by atoms with Crippen LogP contribution >= 0.6 is 11.6 Å². The van der Waals surface area contributed by atoms with Gasteiger partial charge in [0.2, 0.25) is 0 Å². The standard InChI is InChI=1S/C12H13ClO2.C10H12O2/c1-9-7-11(8-14)3-4-12(9)15-6-5-10(2)13;1-3-12-10-5-4-9(7-11)6-8(10)2/h3-5,7-8H,6H2,1-2H3;4-7H,3H2,1-2H3/b10-5-;. The monoisotopic (exact) mass is 388 g/mol. The molecular formula is C22H25ClO4. The third-order valence-electron chi connectivity index (χ3n) is 3.57. The maximum atomic E-state index is 10.5. The van der Waals surface area contributed by atoms with Gasteiger partial charge < -0.3 is 9.47 Å². The zero-order valence-corrected chi connectivity index (χ0v) is 16.9. The summed E-state index contributed by atoms with van der Waals surface area (Å²) in [5, 5.41) is 0.706. The fourth-order valence-corrected chi connectivity index (χ4v) is 2.28. The summed E-state index contributed by atoms with van der Waals surface area (Å²) in [5.74, 6) is 1.62. The molecule has 4 nitrogen and oxygen atoms in total. The molecule has 5 heteroatoms. The Morgan fingerprint density at radius 1 is 0.926 bits per heavy atom. The molecule has 0 saturated heterocycles. The van der Waals surface area contributed by atoms with E-state index in [1.54, 1.807) is 37.3 Å². The highest BCUT2D eigenvalue weighted by atomic mass is 35.5. The Balaban J connectivity index is 0.000000277. The minimum atomic E-state index is 0.441. The normalized spacial score (nSPS) is 10.5. The number of aryl methyl sites for hydroxylation is 2. The van der Waals surface area contributed by atoms with Crippen molar-refractivity contribution in [3.8, 4) is 11.5 Å². The first-order valence-corrected chi connectivity index (χ1v) is 8.98. The number of allylic oxidation sites excluding steroid dienone is 1. The van der Waals surface area contributed by atoms with E-state index in [1.807, 2.05) is 32.9 Å². The molecule has 0 unspecified atom stereocenters. The summed E-state index contributed by atoms with van der Waals surface area (Å²) in [7, 11) is 0. The molecule has 0 amide bonds. The minimum absolute atomic E-state index is 0.441. The van der Waals surface area contributed by atoms with Crippen molar-refractivity contribution in [2.75, 3.05) is 13.2 Å². The van der Waals surface area contributed by atoms with Crippen molar-refractivity contribution < 1.29 is 19.1 Å². The van der Waals surface area contributed by atoms with Gasteiger partial charge in [0.05, 0.1) is 6.61 Å². The highest BCUT2D eigenvalue weighted by Gasteiger charge is 2.00. The van der Waals surface area contributed by atoms with E-state index in [9.17, 15) is 9.59 Å². The number of ether oxygens (including phenoxy) is 2. The third-order valence-corrected chi connectivity index (χ3v) is 3.73. The lowest BCUT2D eigenvalue weighted by atomic mass is 10.1. The second-order valence-electron chi connectivity index (χ2n) is 5.82. The van der Waals surface area contributed by atoms with Gasteiger partial charge >= 0.3 is 0 Å². The Labute approximate surface area is 165 Å². The lowest BCUT2D eigenvalue weighted by molar-refractivity contribution is 0.111. The molecule has 0 N–H and O–H groups in total. The Hall–Kier alpha value is -2.59. The molecule has 2 rings (SSSR count). The molecule has 0 heterocycles. The van der Waals surface area contributed by atoms with Gasteiger partial charge in [-0.3, -0.25) is 9.59 Å². The van der Waals surface area contributed by atoms with E-state index >= 15 is 0 Å². The topological polar surface area (TPSA) is 52.6 Å². The van der Waals surface area contributed by atoms with Crippen molar-refractivity contribution >= 4 is 24.2 Å². The molecule has 0 spiro atoms. The van der Waals surface area contributed by atoms with E-state index in [4.69, 9.17) is 21.1 Å². The predicted molar refractivity (Wildman–Crippen MR) is 109 cm³/mol. The van der Waals surface area contributed by atoms with Crippen molar-refractivity contribution in [1.82, 2.24) is 0 Å². The van der Waals surface area contributed by atoms with Gasteiger partial charge in [0.1, 0.15) is 30.7 Å². The van der Waals surface area contributed by atoms with Crippen LogP contribution in [-0.4, -0.2) is 25.8 Å². The van der Waals surface area contributed by atoms with Crippen LogP contribution in [0, 0.1) is 13.8 Å². The van der Waals surface area contributed by atoms with Crippen molar-refractivity contribution in [2.45, 2.75) is 27.7 Å². The van der Waals surface area contributed by atoms with E-state index in [-0.39, 0.29) is 0 Å². The van der Waals surface area contributed by atoms with Crippen LogP contribution < -0.4 is 9.47 Å². The number of hydrogen-bond acceptors (Lipinski definition) is 4. The zero-order chi connectivity index (χ0) is 20.2. The average molecular weight is 389 g/mol. The van der Waals surface area contributed by atoms with Crippen LogP contribution in [-0.2, 0) is 0 Å². The van der Waals surface area contributed by atoms with E-state index in [2.05, 4.69) is 0 Å². The van der Waals surface area contributed by atoms with Gasteiger partial charge in [0.15, 0.2) is 0 Å². The minimum Gasteiger partial charge on any atom is -0.494 e. The second kappa shape index (κ2) is 11.9. The lowest BCUT2D eigenvalue weighted by Gasteiger charge is -2.07. The van der Waals surface area contributed by atoms with Crippen LogP contribution in [0.3, 0.4) is 0 Å². The maximum absolute atomic E-state index is 10.5. The van der Waals surface area contributed by atoms with Crippen LogP contribution in [0.25, 0.3) is 0 Å². The molecule has 0 bridgehead atoms. The van der Waals surface area contributed by atoms with Crippen molar-refractivity contribution in [3.63, 3.8) is 0 Å². The summed E-state index contributed by atoms with van der Waals surface area (Å²) in [6.07, 6.45) is 3.44. The van der Waals surface area contributed by atoms with Crippen LogP contribution in [0.5, 0.6) is 11.5 Å². The van der Waals surface area contributed by atoms with Crippen molar-refractivity contribution in [3.05, 3.63) is 69.8 Å². The summed E-state index contributed by atoms with van der Waals surface area (Å²) < 4.78 is 10.8. The maximum Gasteiger partial charge on any atom is 0.150 e. The smallest absolute Gasteiger partial charge is 0.150 e. The van der Waals surface area contributed by atoms with Crippen molar-refractivity contribution in [1.29, 1.82) is 0 Å². The summed E-state index contributed by atoms with van der Waals surface area (Å²) >= 11 is 5.67. The van der Waals surface area contributed by atoms with Crippen LogP contribution in [0.1, 0.15) is 45.7 Å². The van der Waals surface area contributed by atoms with E-state index < -0.39 is 0 Å². The molecule has 144 valence electrons. The zero-order valence-electron chi connectivity index (χ0n) is 16.1. The molecule has 0 aliphatic carbocycles. The molecule has 0 radical (unpaired) electrons. The summed E-state index contributed by atoms with van der Waals surface area (Å²) in [5.41, 5.74) is 3.29. The fourth-order valence-electron chi connectivity index (χ4n) is 2.22. The number of benzene rings is 2. The SMILES string of the molecule is C/C(Cl)=C/COc1ccc(C=O)cc1C.CCOc1ccc(C=O)cc1C. The van der Waals surface area contributed by atoms with Gasteiger partial charge in [-0.05, 0) is 81.3 Å². The number of aldehydes is 2. The van der Waals surface area contributed by atoms with Gasteiger partial charge in [0.25, 0.3) is 0 Å². The van der Waals surface area contributed by atoms with Gasteiger partial charge in [-0.2, -0.15) is 0 Å². The fraction of sp³-hybridized carbons (Fsp3) is 0.273. The molecule has 0 aromatic heterocycles. The molecule has 27 heavy (non-hydrogen) atoms. The van der Waals surface area contributed by atoms with Gasteiger partial charge in [-0.15, -0.1) is 0 Å². The highest BCUT2D eigenvalue weighted by Crippen LogP contribution is 2.19. The molecule has 0 aliphatic heterocycles. The molecule has 0 aliphatic rings. The molecule has 0 fully saturated rings. The number of hydrogen-bond donors (Lipinski definition) is 0. The Kier molecular flexibility index (Phi) is 9.91. The second-order valence-corrected chi connectivity index (χ2v) is 6.42. The van der Waals surface area contributed by atoms with E-state index in [0.717, 1.165) is 35.2 Å². The first-order chi connectivity index (χ1) is 12.9. The lowest BCUT2D eigenvalue weighted by Crippen LogP contribution is -1.96. The quantitative estimate of drug-likeness (QED) is 0.585. The van der Waals surface area contributed by atoms with E-state index in [1.165, 1.54) is 0 Å². The molecule has 2 aromatic rings. The third kappa shape index (κ3) is 8.09. The first-order valence-electron chi connectivity index (χ1n) is 8.60. The molecule has 0 saturated carbocycles. The summed E-state index contributed by atoms with van der Waals surface area (Å²) in [6, 6.07) is 10.7. The van der Waals surface area contributed by atoms with Gasteiger partial charge in [-0.1, -0.05) is 11.6 Å². The predicted octanol–water partition coefficient (Wildman–Crippen LogP) is 5.54. The van der Waals surface area contributed by atoms with Crippen LogP contribution in [0.2, 0.25) is 0 Å². The Morgan fingerprint density at radius 2 is 1.41 bits per heavy atom. The summed E-state index contributed by atoms with van der Waals surface area (Å²) in [4.78, 5) is 20.9. The van der Waals surface area contributed by atoms with Gasteiger partial charge in [-0.25, -0.2) is 0 Å². The average Bonchev–Trinajstić information content (AvgIpc) is 2.65. The summed E-state index contributed by atoms with van der Waals surface area (Å²) in [6.45, 7) is 8.66. The number of rotatable bonds is 7. The Bertz CT molecular complexity index is 793. The number of carbonyl (C=O) groups is 2. The molecule has 2 aromatic carbocycles. The molecule has 0 atom stereocenters. The van der Waals surface area contributed by atoms with Gasteiger partial charge in [0, 0.05) is 16.2 Å². The van der Waals surface area contributed by atoms with Crippen LogP contribution in [0.15, 0.2) is 47.5 Å². The largest absolute Gasteiger partial charge is 0.494 e. The Morgan fingerprint density at radius 3 is 1.78 bits per heavy atom. The van der Waals surface area contributed by atoms with Crippen molar-refractivity contribution in [2.24, 2.45) is 0 Å². The highest BCUT2D eigenvalue weighted by molar-refractivity contribution is 6.29. The molecular weight excluding hydrogens is 364 g/mol. The van der Waals surface area contributed by atoms with E-state index in [0.29, 0.717) is 29.4 Å².